The molecule has 0 aliphatic heterocycles. The van der Waals surface area contributed by atoms with Crippen molar-refractivity contribution >= 4 is 66.7 Å². The van der Waals surface area contributed by atoms with Crippen LogP contribution in [0.3, 0.4) is 0 Å². The van der Waals surface area contributed by atoms with Gasteiger partial charge < -0.3 is 10.2 Å². The third-order valence-electron chi connectivity index (χ3n) is 5.11. The summed E-state index contributed by atoms with van der Waals surface area (Å²) in [6.07, 6.45) is 1.04. The van der Waals surface area contributed by atoms with Gasteiger partial charge in [-0.25, -0.2) is 8.42 Å². The van der Waals surface area contributed by atoms with Crippen molar-refractivity contribution in [3.05, 3.63) is 62.0 Å². The fourth-order valence-corrected chi connectivity index (χ4v) is 4.70. The largest absolute Gasteiger partial charge is 0.350 e. The van der Waals surface area contributed by atoms with Gasteiger partial charge in [-0.3, -0.25) is 13.9 Å². The van der Waals surface area contributed by atoms with E-state index >= 15 is 0 Å². The second-order valence-electron chi connectivity index (χ2n) is 9.39. The molecule has 1 N–H and O–H groups in total. The minimum absolute atomic E-state index is 0.0332. The number of nitrogens with one attached hydrogen (secondary N) is 1. The summed E-state index contributed by atoms with van der Waals surface area (Å²) in [5.74, 6) is -0.907. The van der Waals surface area contributed by atoms with Crippen molar-refractivity contribution in [3.8, 4) is 0 Å². The zero-order valence-electron chi connectivity index (χ0n) is 20.5. The number of amides is 2. The van der Waals surface area contributed by atoms with Gasteiger partial charge in [0.25, 0.3) is 0 Å². The summed E-state index contributed by atoms with van der Waals surface area (Å²) in [6, 6.07) is 9.06. The lowest BCUT2D eigenvalue weighted by atomic mass is 10.1. The summed E-state index contributed by atoms with van der Waals surface area (Å²) in [5.41, 5.74) is 1.29. The van der Waals surface area contributed by atoms with Crippen LogP contribution in [0.1, 0.15) is 38.8 Å². The summed E-state index contributed by atoms with van der Waals surface area (Å²) in [5, 5.41) is 3.55. The molecule has 192 valence electrons. The van der Waals surface area contributed by atoms with Gasteiger partial charge in [0.2, 0.25) is 21.8 Å². The number of carbonyl (C=O) groups is 2. The maximum absolute atomic E-state index is 13.6. The molecule has 0 fully saturated rings. The van der Waals surface area contributed by atoms with E-state index < -0.39 is 34.1 Å². The summed E-state index contributed by atoms with van der Waals surface area (Å²) < 4.78 is 27.1. The van der Waals surface area contributed by atoms with Gasteiger partial charge in [-0.1, -0.05) is 45.2 Å². The lowest BCUT2D eigenvalue weighted by Crippen LogP contribution is -2.54. The minimum atomic E-state index is -3.80. The van der Waals surface area contributed by atoms with Gasteiger partial charge in [-0.2, -0.15) is 0 Å². The Hall–Kier alpha value is -1.81. The average molecular weight is 607 g/mol. The van der Waals surface area contributed by atoms with Crippen molar-refractivity contribution in [1.82, 2.24) is 10.2 Å². The highest BCUT2D eigenvalue weighted by Crippen LogP contribution is 2.26. The van der Waals surface area contributed by atoms with Gasteiger partial charge in [0.05, 0.1) is 22.0 Å². The maximum Gasteiger partial charge on any atom is 0.244 e. The number of hydrogen-bond acceptors (Lipinski definition) is 4. The standard InChI is InChI=1S/C24H30BrCl2N3O4S/c1-15-11-18(8-9-19(15)25)30(35(6,33)34)14-22(31)29(16(2)23(32)28-24(3,4)5)13-17-7-10-20(26)21(27)12-17/h7-12,16H,13-14H2,1-6H3,(H,28,32)/t16-/m1/s1. The molecular formula is C24H30BrCl2N3O4S. The molecule has 0 aliphatic carbocycles. The van der Waals surface area contributed by atoms with Gasteiger partial charge in [-0.15, -0.1) is 0 Å². The number of nitrogens with zero attached hydrogens (tertiary/aromatic N) is 2. The fourth-order valence-electron chi connectivity index (χ4n) is 3.29. The van der Waals surface area contributed by atoms with Gasteiger partial charge in [0, 0.05) is 16.6 Å². The summed E-state index contributed by atoms with van der Waals surface area (Å²) in [7, 11) is -3.80. The van der Waals surface area contributed by atoms with Gasteiger partial charge in [0.15, 0.2) is 0 Å². The predicted molar refractivity (Wildman–Crippen MR) is 145 cm³/mol. The van der Waals surface area contributed by atoms with Crippen molar-refractivity contribution in [3.63, 3.8) is 0 Å². The van der Waals surface area contributed by atoms with E-state index in [2.05, 4.69) is 21.2 Å². The normalized spacial score (nSPS) is 12.7. The number of hydrogen-bond donors (Lipinski definition) is 1. The first kappa shape index (κ1) is 29.4. The van der Waals surface area contributed by atoms with Crippen LogP contribution in [0.4, 0.5) is 5.69 Å². The molecule has 2 amide bonds. The van der Waals surface area contributed by atoms with Crippen LogP contribution in [0.5, 0.6) is 0 Å². The highest BCUT2D eigenvalue weighted by atomic mass is 79.9. The molecule has 2 aromatic carbocycles. The van der Waals surface area contributed by atoms with Gasteiger partial charge >= 0.3 is 0 Å². The SMILES string of the molecule is Cc1cc(N(CC(=O)N(Cc2ccc(Cl)c(Cl)c2)[C@H](C)C(=O)NC(C)(C)C)S(C)(=O)=O)ccc1Br. The maximum atomic E-state index is 13.6. The highest BCUT2D eigenvalue weighted by Gasteiger charge is 2.31. The number of carbonyl (C=O) groups excluding carboxylic acids is 2. The van der Waals surface area contributed by atoms with E-state index in [1.807, 2.05) is 27.7 Å². The van der Waals surface area contributed by atoms with Crippen LogP contribution in [-0.4, -0.2) is 49.5 Å². The molecule has 0 aromatic heterocycles. The molecule has 0 spiro atoms. The van der Waals surface area contributed by atoms with E-state index in [0.29, 0.717) is 21.3 Å². The molecule has 0 bridgehead atoms. The molecule has 7 nitrogen and oxygen atoms in total. The van der Waals surface area contributed by atoms with Crippen LogP contribution in [0, 0.1) is 6.92 Å². The van der Waals surface area contributed by atoms with E-state index in [-0.39, 0.29) is 12.5 Å². The molecular weight excluding hydrogens is 577 g/mol. The first-order valence-corrected chi connectivity index (χ1v) is 14.2. The molecule has 0 radical (unpaired) electrons. The number of benzene rings is 2. The Morgan fingerprint density at radius 3 is 2.23 bits per heavy atom. The number of aryl methyl sites for hydroxylation is 1. The lowest BCUT2D eigenvalue weighted by molar-refractivity contribution is -0.140. The van der Waals surface area contributed by atoms with Crippen LogP contribution in [-0.2, 0) is 26.2 Å². The second kappa shape index (κ2) is 11.5. The first-order valence-electron chi connectivity index (χ1n) is 10.8. The minimum Gasteiger partial charge on any atom is -0.350 e. The van der Waals surface area contributed by atoms with Gasteiger partial charge in [0.1, 0.15) is 12.6 Å². The summed E-state index contributed by atoms with van der Waals surface area (Å²) in [4.78, 5) is 27.9. The monoisotopic (exact) mass is 605 g/mol. The Kier molecular flexibility index (Phi) is 9.66. The Labute approximate surface area is 225 Å². The smallest absolute Gasteiger partial charge is 0.244 e. The predicted octanol–water partition coefficient (Wildman–Crippen LogP) is 5.16. The summed E-state index contributed by atoms with van der Waals surface area (Å²) in [6.45, 7) is 8.49. The Balaban J connectivity index is 2.45. The topological polar surface area (TPSA) is 86.8 Å². The van der Waals surface area contributed by atoms with E-state index in [1.54, 1.807) is 43.3 Å². The van der Waals surface area contributed by atoms with E-state index in [0.717, 1.165) is 20.6 Å². The Bertz CT molecular complexity index is 1220. The molecule has 11 heteroatoms. The molecule has 0 heterocycles. The molecule has 0 unspecified atom stereocenters. The van der Waals surface area contributed by atoms with Crippen LogP contribution < -0.4 is 9.62 Å². The Morgan fingerprint density at radius 2 is 1.71 bits per heavy atom. The third-order valence-corrected chi connectivity index (χ3v) is 7.88. The average Bonchev–Trinajstić information content (AvgIpc) is 2.72. The molecule has 2 rings (SSSR count). The van der Waals surface area contributed by atoms with Crippen molar-refractivity contribution in [2.75, 3.05) is 17.1 Å². The molecule has 1 atom stereocenters. The molecule has 0 saturated carbocycles. The molecule has 35 heavy (non-hydrogen) atoms. The van der Waals surface area contributed by atoms with E-state index in [4.69, 9.17) is 23.2 Å². The quantitative estimate of drug-likeness (QED) is 0.449. The zero-order valence-corrected chi connectivity index (χ0v) is 24.4. The zero-order chi connectivity index (χ0) is 26.7. The van der Waals surface area contributed by atoms with Gasteiger partial charge in [-0.05, 0) is 76.1 Å². The molecule has 2 aromatic rings. The molecule has 0 saturated heterocycles. The van der Waals surface area contributed by atoms with Crippen LogP contribution in [0.25, 0.3) is 0 Å². The number of halogens is 3. The van der Waals surface area contributed by atoms with Crippen molar-refractivity contribution in [1.29, 1.82) is 0 Å². The second-order valence-corrected chi connectivity index (χ2v) is 13.0. The number of rotatable bonds is 8. The van der Waals surface area contributed by atoms with E-state index in [1.165, 1.54) is 4.90 Å². The van der Waals surface area contributed by atoms with Crippen molar-refractivity contribution in [2.45, 2.75) is 52.7 Å². The van der Waals surface area contributed by atoms with Crippen molar-refractivity contribution in [2.24, 2.45) is 0 Å². The fraction of sp³-hybridized carbons (Fsp3) is 0.417. The number of anilines is 1. The third kappa shape index (κ3) is 8.37. The highest BCUT2D eigenvalue weighted by molar-refractivity contribution is 9.10. The van der Waals surface area contributed by atoms with Crippen LogP contribution in [0.15, 0.2) is 40.9 Å². The molecule has 0 aliphatic rings. The van der Waals surface area contributed by atoms with E-state index in [9.17, 15) is 18.0 Å². The lowest BCUT2D eigenvalue weighted by Gasteiger charge is -2.33. The van der Waals surface area contributed by atoms with Crippen molar-refractivity contribution < 1.29 is 18.0 Å². The van der Waals surface area contributed by atoms with Crippen LogP contribution >= 0.6 is 39.1 Å². The summed E-state index contributed by atoms with van der Waals surface area (Å²) >= 11 is 15.6. The number of sulfonamides is 1. The Morgan fingerprint density at radius 1 is 1.09 bits per heavy atom. The first-order chi connectivity index (χ1) is 16.0. The van der Waals surface area contributed by atoms with Crippen LogP contribution in [0.2, 0.25) is 10.0 Å².